The van der Waals surface area contributed by atoms with Crippen LogP contribution in [-0.2, 0) is 0 Å². The minimum absolute atomic E-state index is 0.774. The van der Waals surface area contributed by atoms with Gasteiger partial charge in [0, 0.05) is 36.5 Å². The molecule has 7 aromatic rings. The van der Waals surface area contributed by atoms with Crippen molar-refractivity contribution in [2.75, 3.05) is 5.73 Å². The summed E-state index contributed by atoms with van der Waals surface area (Å²) < 4.78 is 4.94. The van der Waals surface area contributed by atoms with Crippen molar-refractivity contribution in [2.45, 2.75) is 0 Å². The second-order valence-electron chi connectivity index (χ2n) is 8.42. The summed E-state index contributed by atoms with van der Waals surface area (Å²) in [7, 11) is 0. The molecule has 2 aromatic heterocycles. The Morgan fingerprint density at radius 1 is 0.545 bits per heavy atom. The van der Waals surface area contributed by atoms with Gasteiger partial charge in [-0.2, -0.15) is 0 Å². The standard InChI is InChI=1S/C30H20N2S/c31-25-12-7-11-20(19-16-17-24-23-10-3-6-15-28(23)33-29(24)18-19)30(25)32-26-13-4-1-8-21(26)22-9-2-5-14-27(22)32/h1-18H,31H2. The maximum atomic E-state index is 6.69. The Labute approximate surface area is 195 Å². The molecular formula is C30H20N2S. The first-order valence-electron chi connectivity index (χ1n) is 11.1. The van der Waals surface area contributed by atoms with Gasteiger partial charge in [0.25, 0.3) is 0 Å². The third-order valence-corrected chi connectivity index (χ3v) is 7.69. The summed E-state index contributed by atoms with van der Waals surface area (Å²) in [6, 6.07) is 38.8. The van der Waals surface area contributed by atoms with E-state index in [1.807, 2.05) is 17.4 Å². The fraction of sp³-hybridized carbons (Fsp3) is 0. The topological polar surface area (TPSA) is 30.9 Å². The third-order valence-electron chi connectivity index (χ3n) is 6.56. The molecule has 33 heavy (non-hydrogen) atoms. The lowest BCUT2D eigenvalue weighted by atomic mass is 10.0. The molecule has 0 saturated heterocycles. The molecule has 0 atom stereocenters. The van der Waals surface area contributed by atoms with Gasteiger partial charge in [0.1, 0.15) is 0 Å². The Kier molecular flexibility index (Phi) is 3.90. The van der Waals surface area contributed by atoms with Crippen molar-refractivity contribution in [3.8, 4) is 16.8 Å². The van der Waals surface area contributed by atoms with Crippen LogP contribution in [0.3, 0.4) is 0 Å². The Balaban J connectivity index is 1.56. The van der Waals surface area contributed by atoms with Gasteiger partial charge in [0.15, 0.2) is 0 Å². The predicted molar refractivity (Wildman–Crippen MR) is 144 cm³/mol. The summed E-state index contributed by atoms with van der Waals surface area (Å²) in [4.78, 5) is 0. The number of nitrogens with two attached hydrogens (primary N) is 1. The SMILES string of the molecule is Nc1cccc(-c2ccc3c(c2)sc2ccccc23)c1-n1c2ccccc2c2ccccc21. The number of nitrogens with zero attached hydrogens (tertiary/aromatic N) is 1. The molecule has 0 unspecified atom stereocenters. The van der Waals surface area contributed by atoms with Crippen molar-refractivity contribution in [1.82, 2.24) is 4.57 Å². The van der Waals surface area contributed by atoms with Gasteiger partial charge in [-0.15, -0.1) is 11.3 Å². The van der Waals surface area contributed by atoms with Crippen LogP contribution >= 0.6 is 11.3 Å². The summed E-state index contributed by atoms with van der Waals surface area (Å²) in [5.74, 6) is 0. The lowest BCUT2D eigenvalue weighted by Gasteiger charge is -2.16. The molecule has 7 rings (SSSR count). The van der Waals surface area contributed by atoms with Gasteiger partial charge < -0.3 is 10.3 Å². The molecular weight excluding hydrogens is 420 g/mol. The van der Waals surface area contributed by atoms with Gasteiger partial charge in [0.05, 0.1) is 22.4 Å². The van der Waals surface area contributed by atoms with Crippen LogP contribution in [0.15, 0.2) is 109 Å². The summed E-state index contributed by atoms with van der Waals surface area (Å²) >= 11 is 1.85. The Bertz CT molecular complexity index is 1780. The minimum atomic E-state index is 0.774. The fourth-order valence-electron chi connectivity index (χ4n) is 5.10. The van der Waals surface area contributed by atoms with E-state index >= 15 is 0 Å². The zero-order valence-electron chi connectivity index (χ0n) is 17.8. The molecule has 0 aliphatic carbocycles. The highest BCUT2D eigenvalue weighted by atomic mass is 32.1. The number of thiophene rings is 1. The van der Waals surface area contributed by atoms with E-state index in [1.54, 1.807) is 0 Å². The molecule has 2 heterocycles. The van der Waals surface area contributed by atoms with Crippen molar-refractivity contribution in [3.05, 3.63) is 109 Å². The predicted octanol–water partition coefficient (Wildman–Crippen LogP) is 8.40. The number of aromatic nitrogens is 1. The Morgan fingerprint density at radius 2 is 1.18 bits per heavy atom. The molecule has 156 valence electrons. The van der Waals surface area contributed by atoms with Gasteiger partial charge in [-0.3, -0.25) is 0 Å². The fourth-order valence-corrected chi connectivity index (χ4v) is 6.25. The zero-order chi connectivity index (χ0) is 21.9. The monoisotopic (exact) mass is 440 g/mol. The smallest absolute Gasteiger partial charge is 0.0770 e. The summed E-state index contributed by atoms with van der Waals surface area (Å²) in [6.07, 6.45) is 0. The average Bonchev–Trinajstić information content (AvgIpc) is 3.39. The highest BCUT2D eigenvalue weighted by Gasteiger charge is 2.18. The van der Waals surface area contributed by atoms with E-state index in [4.69, 9.17) is 5.73 Å². The van der Waals surface area contributed by atoms with E-state index in [-0.39, 0.29) is 0 Å². The molecule has 0 amide bonds. The molecule has 3 heteroatoms. The van der Waals surface area contributed by atoms with Crippen LogP contribution in [0.2, 0.25) is 0 Å². The molecule has 5 aromatic carbocycles. The van der Waals surface area contributed by atoms with Gasteiger partial charge in [-0.05, 0) is 35.9 Å². The van der Waals surface area contributed by atoms with Gasteiger partial charge >= 0.3 is 0 Å². The van der Waals surface area contributed by atoms with Crippen LogP contribution in [0, 0.1) is 0 Å². The first kappa shape index (κ1) is 18.5. The molecule has 0 fully saturated rings. The van der Waals surface area contributed by atoms with Crippen LogP contribution in [-0.4, -0.2) is 4.57 Å². The van der Waals surface area contributed by atoms with Gasteiger partial charge in [-0.1, -0.05) is 78.9 Å². The highest BCUT2D eigenvalue weighted by molar-refractivity contribution is 7.25. The van der Waals surface area contributed by atoms with Crippen LogP contribution in [0.1, 0.15) is 0 Å². The molecule has 0 spiro atoms. The lowest BCUT2D eigenvalue weighted by Crippen LogP contribution is -2.02. The van der Waals surface area contributed by atoms with Crippen molar-refractivity contribution >= 4 is 59.0 Å². The van der Waals surface area contributed by atoms with E-state index in [9.17, 15) is 0 Å². The van der Waals surface area contributed by atoms with Crippen molar-refractivity contribution in [2.24, 2.45) is 0 Å². The number of hydrogen-bond donors (Lipinski definition) is 1. The minimum Gasteiger partial charge on any atom is -0.397 e. The van der Waals surface area contributed by atoms with Gasteiger partial charge in [0.2, 0.25) is 0 Å². The summed E-state index contributed by atoms with van der Waals surface area (Å²) in [5.41, 5.74) is 13.2. The second-order valence-corrected chi connectivity index (χ2v) is 9.51. The third kappa shape index (κ3) is 2.66. The molecule has 0 aliphatic heterocycles. The van der Waals surface area contributed by atoms with Crippen LogP contribution < -0.4 is 5.73 Å². The zero-order valence-corrected chi connectivity index (χ0v) is 18.6. The summed E-state index contributed by atoms with van der Waals surface area (Å²) in [6.45, 7) is 0. The number of rotatable bonds is 2. The van der Waals surface area contributed by atoms with Crippen LogP contribution in [0.5, 0.6) is 0 Å². The number of hydrogen-bond acceptors (Lipinski definition) is 2. The second kappa shape index (κ2) is 6.96. The normalized spacial score (nSPS) is 11.8. The molecule has 2 nitrogen and oxygen atoms in total. The Hall–Kier alpha value is -4.08. The van der Waals surface area contributed by atoms with E-state index < -0.39 is 0 Å². The number of anilines is 1. The molecule has 0 aliphatic rings. The number of nitrogen functional groups attached to an aromatic ring is 1. The van der Waals surface area contributed by atoms with E-state index in [0.717, 1.165) is 16.9 Å². The van der Waals surface area contributed by atoms with E-state index in [0.29, 0.717) is 0 Å². The molecule has 0 radical (unpaired) electrons. The highest BCUT2D eigenvalue weighted by Crippen LogP contribution is 2.41. The Morgan fingerprint density at radius 3 is 1.94 bits per heavy atom. The number of fused-ring (bicyclic) bond motifs is 6. The average molecular weight is 441 g/mol. The quantitative estimate of drug-likeness (QED) is 0.269. The van der Waals surface area contributed by atoms with Crippen molar-refractivity contribution in [3.63, 3.8) is 0 Å². The van der Waals surface area contributed by atoms with E-state index in [1.165, 1.54) is 47.5 Å². The van der Waals surface area contributed by atoms with Crippen LogP contribution in [0.25, 0.3) is 58.8 Å². The first-order valence-corrected chi connectivity index (χ1v) is 11.9. The lowest BCUT2D eigenvalue weighted by molar-refractivity contribution is 1.19. The van der Waals surface area contributed by atoms with Crippen LogP contribution in [0.4, 0.5) is 5.69 Å². The maximum Gasteiger partial charge on any atom is 0.0770 e. The molecule has 0 bridgehead atoms. The first-order chi connectivity index (χ1) is 16.3. The molecule has 0 saturated carbocycles. The van der Waals surface area contributed by atoms with E-state index in [2.05, 4.69) is 108 Å². The van der Waals surface area contributed by atoms with Crippen molar-refractivity contribution < 1.29 is 0 Å². The number of para-hydroxylation sites is 3. The largest absolute Gasteiger partial charge is 0.397 e. The van der Waals surface area contributed by atoms with Gasteiger partial charge in [-0.25, -0.2) is 0 Å². The number of benzene rings is 5. The maximum absolute atomic E-state index is 6.69. The van der Waals surface area contributed by atoms with Crippen molar-refractivity contribution in [1.29, 1.82) is 0 Å². The molecule has 2 N–H and O–H groups in total. The summed E-state index contributed by atoms with van der Waals surface area (Å²) in [5, 5.41) is 5.10.